The zero-order valence-electron chi connectivity index (χ0n) is 16.9. The molecule has 4 rings (SSSR count). The molecule has 0 spiro atoms. The predicted molar refractivity (Wildman–Crippen MR) is 109 cm³/mol. The molecule has 0 radical (unpaired) electrons. The highest BCUT2D eigenvalue weighted by Crippen LogP contribution is 2.49. The van der Waals surface area contributed by atoms with Crippen molar-refractivity contribution < 1.29 is 28.5 Å². The van der Waals surface area contributed by atoms with Crippen molar-refractivity contribution in [2.75, 3.05) is 47.2 Å². The molecule has 0 saturated carbocycles. The van der Waals surface area contributed by atoms with Crippen molar-refractivity contribution in [2.45, 2.75) is 6.42 Å². The Morgan fingerprint density at radius 2 is 1.93 bits per heavy atom. The van der Waals surface area contributed by atoms with Gasteiger partial charge >= 0.3 is 0 Å². The maximum Gasteiger partial charge on any atom is 0.231 e. The van der Waals surface area contributed by atoms with Crippen molar-refractivity contribution >= 4 is 17.5 Å². The molecule has 0 atom stereocenters. The molecule has 0 amide bonds. The van der Waals surface area contributed by atoms with Gasteiger partial charge in [0.25, 0.3) is 0 Å². The molecular formula is C21H24N2O6. The van der Waals surface area contributed by atoms with Gasteiger partial charge in [0, 0.05) is 5.56 Å². The zero-order chi connectivity index (χ0) is 20.4. The van der Waals surface area contributed by atoms with E-state index in [1.54, 1.807) is 21.3 Å². The number of fused-ring (bicyclic) bond motifs is 2. The molecule has 0 aromatic heterocycles. The topological polar surface area (TPSA) is 79.4 Å². The minimum Gasteiger partial charge on any atom is -0.493 e. The van der Waals surface area contributed by atoms with Gasteiger partial charge in [-0.3, -0.25) is 0 Å². The largest absolute Gasteiger partial charge is 0.493 e. The van der Waals surface area contributed by atoms with Crippen LogP contribution in [0.1, 0.15) is 16.7 Å². The van der Waals surface area contributed by atoms with E-state index >= 15 is 0 Å². The number of anilines is 1. The van der Waals surface area contributed by atoms with Crippen LogP contribution in [0.25, 0.3) is 11.8 Å². The summed E-state index contributed by atoms with van der Waals surface area (Å²) in [5.74, 6) is 3.76. The van der Waals surface area contributed by atoms with Gasteiger partial charge in [-0.25, -0.2) is 5.48 Å². The van der Waals surface area contributed by atoms with Gasteiger partial charge in [0.2, 0.25) is 12.5 Å². The number of benzene rings is 2. The van der Waals surface area contributed by atoms with Gasteiger partial charge in [-0.2, -0.15) is 0 Å². The fourth-order valence-electron chi connectivity index (χ4n) is 3.54. The molecule has 0 saturated heterocycles. The third kappa shape index (κ3) is 3.25. The van der Waals surface area contributed by atoms with Crippen LogP contribution in [0, 0.1) is 0 Å². The number of nitrogens with one attached hydrogen (secondary N) is 2. The Hall–Kier alpha value is -3.26. The lowest BCUT2D eigenvalue weighted by atomic mass is 9.99. The number of hydrogen-bond donors (Lipinski definition) is 2. The second kappa shape index (κ2) is 8.00. The summed E-state index contributed by atoms with van der Waals surface area (Å²) >= 11 is 0. The van der Waals surface area contributed by atoms with Crippen LogP contribution in [0.4, 0.5) is 5.69 Å². The Morgan fingerprint density at radius 3 is 2.66 bits per heavy atom. The number of hydrogen-bond acceptors (Lipinski definition) is 8. The third-order valence-electron chi connectivity index (χ3n) is 4.94. The average Bonchev–Trinajstić information content (AvgIpc) is 3.38. The summed E-state index contributed by atoms with van der Waals surface area (Å²) in [6.07, 6.45) is 2.73. The number of rotatable bonds is 7. The van der Waals surface area contributed by atoms with Crippen molar-refractivity contribution in [1.82, 2.24) is 5.32 Å². The predicted octanol–water partition coefficient (Wildman–Crippen LogP) is 3.06. The first-order valence-electron chi connectivity index (χ1n) is 9.25. The molecule has 2 aliphatic heterocycles. The minimum absolute atomic E-state index is 0.176. The van der Waals surface area contributed by atoms with Gasteiger partial charge in [-0.15, -0.1) is 0 Å². The molecule has 8 nitrogen and oxygen atoms in total. The van der Waals surface area contributed by atoms with Crippen molar-refractivity contribution in [3.8, 4) is 28.7 Å². The standard InChI is InChI=1S/C21H24N2O6/c1-22-8-7-12-9-17-21(28-11-27-17)19(25-3)14(12)10-16-13-5-6-15(24-2)20(26-4)18(13)23-29-16/h5-6,9-10,22-23H,7-8,11H2,1-4H3. The molecule has 2 aliphatic rings. The SMILES string of the molecule is CNCCc1cc2c(c(OC)c1C=C1ONc3c1ccc(OC)c3OC)OCO2. The fraction of sp³-hybridized carbons (Fsp3) is 0.333. The highest BCUT2D eigenvalue weighted by molar-refractivity contribution is 5.92. The van der Waals surface area contributed by atoms with E-state index in [1.807, 2.05) is 31.3 Å². The first-order valence-corrected chi connectivity index (χ1v) is 9.25. The zero-order valence-corrected chi connectivity index (χ0v) is 16.9. The number of likely N-dealkylation sites (N-methyl/N-ethyl adjacent to an activating group) is 1. The smallest absolute Gasteiger partial charge is 0.231 e. The molecule has 154 valence electrons. The van der Waals surface area contributed by atoms with E-state index in [2.05, 4.69) is 10.8 Å². The summed E-state index contributed by atoms with van der Waals surface area (Å²) in [5.41, 5.74) is 6.46. The van der Waals surface area contributed by atoms with Crippen LogP contribution in [0.3, 0.4) is 0 Å². The molecule has 8 heteroatoms. The molecule has 0 fully saturated rings. The Balaban J connectivity index is 1.84. The van der Waals surface area contributed by atoms with Gasteiger partial charge in [-0.1, -0.05) is 0 Å². The van der Waals surface area contributed by atoms with Gasteiger partial charge in [-0.05, 0) is 49.9 Å². The van der Waals surface area contributed by atoms with Crippen molar-refractivity contribution in [3.05, 3.63) is 34.9 Å². The van der Waals surface area contributed by atoms with E-state index in [4.69, 9.17) is 28.5 Å². The van der Waals surface area contributed by atoms with E-state index in [-0.39, 0.29) is 6.79 Å². The second-order valence-electron chi connectivity index (χ2n) is 6.51. The molecule has 2 aromatic carbocycles. The summed E-state index contributed by atoms with van der Waals surface area (Å²) < 4.78 is 27.8. The van der Waals surface area contributed by atoms with Crippen molar-refractivity contribution in [1.29, 1.82) is 0 Å². The number of ether oxygens (including phenoxy) is 5. The quantitative estimate of drug-likeness (QED) is 0.734. The summed E-state index contributed by atoms with van der Waals surface area (Å²) in [6, 6.07) is 5.77. The third-order valence-corrected chi connectivity index (χ3v) is 4.94. The normalized spacial score (nSPS) is 15.0. The maximum absolute atomic E-state index is 5.78. The Bertz CT molecular complexity index is 957. The lowest BCUT2D eigenvalue weighted by Crippen LogP contribution is -2.11. The second-order valence-corrected chi connectivity index (χ2v) is 6.51. The van der Waals surface area contributed by atoms with Gasteiger partial charge in [0.05, 0.1) is 26.9 Å². The molecular weight excluding hydrogens is 376 g/mol. The monoisotopic (exact) mass is 400 g/mol. The molecule has 0 unspecified atom stereocenters. The van der Waals surface area contributed by atoms with E-state index in [9.17, 15) is 0 Å². The Morgan fingerprint density at radius 1 is 1.10 bits per heavy atom. The van der Waals surface area contributed by atoms with E-state index in [1.165, 1.54) is 0 Å². The Labute approximate surface area is 169 Å². The Kier molecular flexibility index (Phi) is 5.26. The summed E-state index contributed by atoms with van der Waals surface area (Å²) in [4.78, 5) is 5.78. The van der Waals surface area contributed by atoms with Crippen molar-refractivity contribution in [3.63, 3.8) is 0 Å². The first kappa shape index (κ1) is 19.1. The van der Waals surface area contributed by atoms with Crippen LogP contribution in [0.5, 0.6) is 28.7 Å². The molecule has 2 heterocycles. The lowest BCUT2D eigenvalue weighted by Gasteiger charge is -2.14. The van der Waals surface area contributed by atoms with E-state index in [0.29, 0.717) is 34.5 Å². The molecule has 2 N–H and O–H groups in total. The van der Waals surface area contributed by atoms with Gasteiger partial charge < -0.3 is 33.8 Å². The van der Waals surface area contributed by atoms with Gasteiger partial charge in [0.1, 0.15) is 5.69 Å². The summed E-state index contributed by atoms with van der Waals surface area (Å²) in [7, 11) is 6.74. The lowest BCUT2D eigenvalue weighted by molar-refractivity contribution is 0.171. The van der Waals surface area contributed by atoms with E-state index in [0.717, 1.165) is 35.3 Å². The van der Waals surface area contributed by atoms with Crippen LogP contribution >= 0.6 is 0 Å². The van der Waals surface area contributed by atoms with Crippen LogP contribution in [-0.2, 0) is 11.3 Å². The van der Waals surface area contributed by atoms with Crippen LogP contribution in [0.2, 0.25) is 0 Å². The number of methoxy groups -OCH3 is 3. The fourth-order valence-corrected chi connectivity index (χ4v) is 3.54. The summed E-state index contributed by atoms with van der Waals surface area (Å²) in [5, 5.41) is 3.18. The van der Waals surface area contributed by atoms with E-state index < -0.39 is 0 Å². The van der Waals surface area contributed by atoms with Crippen LogP contribution in [-0.4, -0.2) is 41.7 Å². The molecule has 29 heavy (non-hydrogen) atoms. The first-order chi connectivity index (χ1) is 14.2. The maximum atomic E-state index is 5.78. The van der Waals surface area contributed by atoms with Crippen LogP contribution < -0.4 is 34.5 Å². The average molecular weight is 400 g/mol. The van der Waals surface area contributed by atoms with Crippen LogP contribution in [0.15, 0.2) is 18.2 Å². The molecule has 0 bridgehead atoms. The highest BCUT2D eigenvalue weighted by Gasteiger charge is 2.28. The summed E-state index contributed by atoms with van der Waals surface area (Å²) in [6.45, 7) is 0.981. The molecule has 0 aliphatic carbocycles. The molecule has 2 aromatic rings. The van der Waals surface area contributed by atoms with Gasteiger partial charge in [0.15, 0.2) is 28.8 Å². The minimum atomic E-state index is 0.176. The highest BCUT2D eigenvalue weighted by atomic mass is 16.7. The van der Waals surface area contributed by atoms with Crippen molar-refractivity contribution in [2.24, 2.45) is 0 Å².